The highest BCUT2D eigenvalue weighted by Crippen LogP contribution is 2.26. The summed E-state index contributed by atoms with van der Waals surface area (Å²) in [4.78, 5) is 4.66. The first-order valence-electron chi connectivity index (χ1n) is 6.86. The molecule has 0 fully saturated rings. The number of aromatic nitrogens is 2. The summed E-state index contributed by atoms with van der Waals surface area (Å²) in [5.74, 6) is 1.30. The first-order chi connectivity index (χ1) is 9.74. The molecular weight excluding hydrogens is 268 g/mol. The van der Waals surface area contributed by atoms with Crippen molar-refractivity contribution in [3.8, 4) is 5.69 Å². The van der Waals surface area contributed by atoms with E-state index in [0.29, 0.717) is 5.88 Å². The summed E-state index contributed by atoms with van der Waals surface area (Å²) in [7, 11) is 0. The zero-order valence-electron chi connectivity index (χ0n) is 11.7. The van der Waals surface area contributed by atoms with E-state index in [1.54, 1.807) is 0 Å². The van der Waals surface area contributed by atoms with Crippen molar-refractivity contribution in [2.75, 3.05) is 0 Å². The van der Waals surface area contributed by atoms with E-state index in [1.807, 2.05) is 0 Å². The largest absolute Gasteiger partial charge is 0.295 e. The molecule has 3 aromatic rings. The number of hydrogen-bond donors (Lipinski definition) is 0. The molecule has 0 aliphatic rings. The van der Waals surface area contributed by atoms with E-state index < -0.39 is 0 Å². The van der Waals surface area contributed by atoms with E-state index in [-0.39, 0.29) is 0 Å². The molecule has 102 valence electrons. The molecule has 0 N–H and O–H groups in total. The van der Waals surface area contributed by atoms with Crippen LogP contribution in [0.25, 0.3) is 16.7 Å². The smallest absolute Gasteiger partial charge is 0.129 e. The number of hydrogen-bond acceptors (Lipinski definition) is 1. The molecule has 20 heavy (non-hydrogen) atoms. The maximum absolute atomic E-state index is 6.11. The van der Waals surface area contributed by atoms with Crippen molar-refractivity contribution >= 4 is 22.6 Å². The maximum atomic E-state index is 6.11. The van der Waals surface area contributed by atoms with Gasteiger partial charge < -0.3 is 0 Å². The predicted molar refractivity (Wildman–Crippen MR) is 84.7 cm³/mol. The van der Waals surface area contributed by atoms with Crippen molar-refractivity contribution in [2.24, 2.45) is 0 Å². The van der Waals surface area contributed by atoms with Gasteiger partial charge in [-0.25, -0.2) is 4.98 Å². The summed E-state index contributed by atoms with van der Waals surface area (Å²) in [5, 5.41) is 0. The third-order valence-electron chi connectivity index (χ3n) is 3.61. The van der Waals surface area contributed by atoms with Gasteiger partial charge in [0.25, 0.3) is 0 Å². The Hall–Kier alpha value is -1.80. The second-order valence-electron chi connectivity index (χ2n) is 4.97. The molecule has 0 aliphatic carbocycles. The van der Waals surface area contributed by atoms with Crippen LogP contribution in [0, 0.1) is 6.92 Å². The maximum Gasteiger partial charge on any atom is 0.129 e. The molecule has 2 nitrogen and oxygen atoms in total. The van der Waals surface area contributed by atoms with E-state index in [0.717, 1.165) is 23.3 Å². The third-order valence-corrected chi connectivity index (χ3v) is 3.85. The van der Waals surface area contributed by atoms with Crippen LogP contribution in [0.15, 0.2) is 42.5 Å². The van der Waals surface area contributed by atoms with E-state index in [4.69, 9.17) is 11.6 Å². The average Bonchev–Trinajstić information content (AvgIpc) is 2.84. The van der Waals surface area contributed by atoms with Crippen LogP contribution >= 0.6 is 11.6 Å². The number of para-hydroxylation sites is 1. The molecule has 0 saturated carbocycles. The van der Waals surface area contributed by atoms with Crippen LogP contribution in [-0.2, 0) is 12.3 Å². The number of halogens is 1. The van der Waals surface area contributed by atoms with Crippen molar-refractivity contribution in [1.29, 1.82) is 0 Å². The van der Waals surface area contributed by atoms with Crippen LogP contribution in [0.5, 0.6) is 0 Å². The SMILES string of the molecule is CCc1ccccc1-n1c(CCl)nc2ccc(C)cc21. The van der Waals surface area contributed by atoms with Gasteiger partial charge in [0.2, 0.25) is 0 Å². The average molecular weight is 285 g/mol. The number of aryl methyl sites for hydroxylation is 2. The molecule has 0 atom stereocenters. The summed E-state index contributed by atoms with van der Waals surface area (Å²) in [6.07, 6.45) is 0.989. The lowest BCUT2D eigenvalue weighted by Crippen LogP contribution is -2.02. The van der Waals surface area contributed by atoms with Gasteiger partial charge in [-0.05, 0) is 42.7 Å². The van der Waals surface area contributed by atoms with Gasteiger partial charge in [-0.3, -0.25) is 4.57 Å². The summed E-state index contributed by atoms with van der Waals surface area (Å²) >= 11 is 6.11. The van der Waals surface area contributed by atoms with Crippen molar-refractivity contribution in [3.05, 3.63) is 59.4 Å². The molecular formula is C17H17ClN2. The fourth-order valence-electron chi connectivity index (χ4n) is 2.62. The zero-order chi connectivity index (χ0) is 14.1. The number of benzene rings is 2. The molecule has 0 spiro atoms. The Balaban J connectivity index is 2.36. The normalized spacial score (nSPS) is 11.2. The first-order valence-corrected chi connectivity index (χ1v) is 7.40. The zero-order valence-corrected chi connectivity index (χ0v) is 12.5. The van der Waals surface area contributed by atoms with Crippen LogP contribution < -0.4 is 0 Å². The van der Waals surface area contributed by atoms with Gasteiger partial charge in [-0.2, -0.15) is 0 Å². The Bertz CT molecular complexity index is 759. The van der Waals surface area contributed by atoms with Crippen molar-refractivity contribution < 1.29 is 0 Å². The standard InChI is InChI=1S/C17H17ClN2/c1-3-13-6-4-5-7-15(13)20-16-10-12(2)8-9-14(16)19-17(20)11-18/h4-10H,3,11H2,1-2H3. The van der Waals surface area contributed by atoms with Gasteiger partial charge in [0.1, 0.15) is 5.82 Å². The van der Waals surface area contributed by atoms with Gasteiger partial charge in [0.15, 0.2) is 0 Å². The highest BCUT2D eigenvalue weighted by molar-refractivity contribution is 6.17. The third kappa shape index (κ3) is 2.10. The minimum atomic E-state index is 0.409. The Morgan fingerprint density at radius 2 is 1.95 bits per heavy atom. The number of rotatable bonds is 3. The molecule has 0 radical (unpaired) electrons. The van der Waals surface area contributed by atoms with Crippen LogP contribution in [0.4, 0.5) is 0 Å². The molecule has 1 aromatic heterocycles. The van der Waals surface area contributed by atoms with Crippen molar-refractivity contribution in [2.45, 2.75) is 26.1 Å². The topological polar surface area (TPSA) is 17.8 Å². The van der Waals surface area contributed by atoms with E-state index >= 15 is 0 Å². The monoisotopic (exact) mass is 284 g/mol. The minimum Gasteiger partial charge on any atom is -0.295 e. The van der Waals surface area contributed by atoms with Crippen LogP contribution in [0.2, 0.25) is 0 Å². The van der Waals surface area contributed by atoms with Gasteiger partial charge in [0.05, 0.1) is 22.6 Å². The second kappa shape index (κ2) is 5.29. The number of imidazole rings is 1. The quantitative estimate of drug-likeness (QED) is 0.641. The number of fused-ring (bicyclic) bond motifs is 1. The Morgan fingerprint density at radius 1 is 1.15 bits per heavy atom. The molecule has 0 bridgehead atoms. The molecule has 0 unspecified atom stereocenters. The summed E-state index contributed by atoms with van der Waals surface area (Å²) in [5.41, 5.74) is 5.84. The molecule has 2 aromatic carbocycles. The van der Waals surface area contributed by atoms with E-state index in [1.165, 1.54) is 16.8 Å². The lowest BCUT2D eigenvalue weighted by molar-refractivity contribution is 0.955. The van der Waals surface area contributed by atoms with Crippen molar-refractivity contribution in [1.82, 2.24) is 9.55 Å². The minimum absolute atomic E-state index is 0.409. The fraction of sp³-hybridized carbons (Fsp3) is 0.235. The van der Waals surface area contributed by atoms with Gasteiger partial charge >= 0.3 is 0 Å². The lowest BCUT2D eigenvalue weighted by atomic mass is 10.1. The highest BCUT2D eigenvalue weighted by Gasteiger charge is 2.13. The summed E-state index contributed by atoms with van der Waals surface area (Å²) in [6.45, 7) is 4.27. The Kier molecular flexibility index (Phi) is 3.49. The molecule has 1 heterocycles. The van der Waals surface area contributed by atoms with E-state index in [9.17, 15) is 0 Å². The Morgan fingerprint density at radius 3 is 2.70 bits per heavy atom. The number of nitrogens with zero attached hydrogens (tertiary/aromatic N) is 2. The summed E-state index contributed by atoms with van der Waals surface area (Å²) < 4.78 is 2.19. The summed E-state index contributed by atoms with van der Waals surface area (Å²) in [6, 6.07) is 14.8. The van der Waals surface area contributed by atoms with Gasteiger partial charge in [-0.1, -0.05) is 31.2 Å². The van der Waals surface area contributed by atoms with Gasteiger partial charge in [-0.15, -0.1) is 11.6 Å². The van der Waals surface area contributed by atoms with E-state index in [2.05, 4.69) is 65.9 Å². The predicted octanol–water partition coefficient (Wildman–Crippen LogP) is 4.64. The molecule has 3 rings (SSSR count). The Labute approximate surface area is 124 Å². The second-order valence-corrected chi connectivity index (χ2v) is 5.24. The van der Waals surface area contributed by atoms with Gasteiger partial charge in [0, 0.05) is 0 Å². The molecule has 0 aliphatic heterocycles. The first kappa shape index (κ1) is 13.2. The number of alkyl halides is 1. The lowest BCUT2D eigenvalue weighted by Gasteiger charge is -2.12. The highest BCUT2D eigenvalue weighted by atomic mass is 35.5. The van der Waals surface area contributed by atoms with Crippen LogP contribution in [0.1, 0.15) is 23.9 Å². The molecule has 0 saturated heterocycles. The van der Waals surface area contributed by atoms with Crippen LogP contribution in [0.3, 0.4) is 0 Å². The molecule has 0 amide bonds. The van der Waals surface area contributed by atoms with Crippen LogP contribution in [-0.4, -0.2) is 9.55 Å². The molecule has 3 heteroatoms. The fourth-order valence-corrected chi connectivity index (χ4v) is 2.80. The van der Waals surface area contributed by atoms with Crippen molar-refractivity contribution in [3.63, 3.8) is 0 Å².